The second-order valence-corrected chi connectivity index (χ2v) is 2.47. The predicted molar refractivity (Wildman–Crippen MR) is 38.8 cm³/mol. The lowest BCUT2D eigenvalue weighted by Gasteiger charge is -2.03. The van der Waals surface area contributed by atoms with Crippen LogP contribution in [0.1, 0.15) is 25.6 Å². The summed E-state index contributed by atoms with van der Waals surface area (Å²) >= 11 is 0. The molecule has 1 unspecified atom stereocenters. The van der Waals surface area contributed by atoms with Crippen molar-refractivity contribution in [2.24, 2.45) is 0 Å². The van der Waals surface area contributed by atoms with Crippen LogP contribution in [0.3, 0.4) is 0 Å². The summed E-state index contributed by atoms with van der Waals surface area (Å²) in [5, 5.41) is 22.5. The molecule has 5 nitrogen and oxygen atoms in total. The number of tetrazole rings is 1. The Balaban J connectivity index is 2.31. The summed E-state index contributed by atoms with van der Waals surface area (Å²) in [5.74, 6) is 0.575. The highest BCUT2D eigenvalue weighted by atomic mass is 16.3. The maximum absolute atomic E-state index is 9.30. The van der Waals surface area contributed by atoms with Gasteiger partial charge >= 0.3 is 0 Å². The lowest BCUT2D eigenvalue weighted by Crippen LogP contribution is -2.10. The number of aromatic amines is 1. The Labute approximate surface area is 64.8 Å². The van der Waals surface area contributed by atoms with E-state index in [1.807, 2.05) is 6.92 Å². The zero-order valence-electron chi connectivity index (χ0n) is 6.49. The molecule has 0 amide bonds. The van der Waals surface area contributed by atoms with E-state index in [0.29, 0.717) is 12.2 Å². The average molecular weight is 156 g/mol. The molecule has 0 radical (unpaired) electrons. The van der Waals surface area contributed by atoms with E-state index in [2.05, 4.69) is 20.6 Å². The number of hydrogen-bond donors (Lipinski definition) is 2. The smallest absolute Gasteiger partial charge is 0.177 e. The minimum Gasteiger partial charge on any atom is -0.393 e. The van der Waals surface area contributed by atoms with E-state index in [1.54, 1.807) is 0 Å². The molecular formula is C6H12N4O. The third-order valence-electron chi connectivity index (χ3n) is 1.43. The first-order valence-corrected chi connectivity index (χ1v) is 3.73. The summed E-state index contributed by atoms with van der Waals surface area (Å²) in [7, 11) is 0. The van der Waals surface area contributed by atoms with Crippen LogP contribution in [0.25, 0.3) is 0 Å². The van der Waals surface area contributed by atoms with Gasteiger partial charge in [0.15, 0.2) is 5.82 Å². The SMILES string of the molecule is CCCC(O)Cc1nn[nH]n1. The summed E-state index contributed by atoms with van der Waals surface area (Å²) < 4.78 is 0. The fraction of sp³-hybridized carbons (Fsp3) is 0.833. The molecule has 1 heterocycles. The predicted octanol–water partition coefficient (Wildman–Crippen LogP) is -0.0968. The lowest BCUT2D eigenvalue weighted by atomic mass is 10.1. The fourth-order valence-corrected chi connectivity index (χ4v) is 0.915. The van der Waals surface area contributed by atoms with Crippen molar-refractivity contribution in [3.63, 3.8) is 0 Å². The molecule has 0 saturated carbocycles. The first-order chi connectivity index (χ1) is 5.33. The summed E-state index contributed by atoms with van der Waals surface area (Å²) in [6, 6.07) is 0. The van der Waals surface area contributed by atoms with E-state index in [0.717, 1.165) is 12.8 Å². The molecule has 11 heavy (non-hydrogen) atoms. The van der Waals surface area contributed by atoms with Crippen molar-refractivity contribution in [1.82, 2.24) is 20.6 Å². The van der Waals surface area contributed by atoms with Crippen molar-refractivity contribution >= 4 is 0 Å². The van der Waals surface area contributed by atoms with Crippen LogP contribution in [0, 0.1) is 0 Å². The van der Waals surface area contributed by atoms with Gasteiger partial charge in [-0.2, -0.15) is 5.21 Å². The Morgan fingerprint density at radius 3 is 3.00 bits per heavy atom. The first-order valence-electron chi connectivity index (χ1n) is 3.73. The number of hydrogen-bond acceptors (Lipinski definition) is 4. The molecule has 0 aliphatic rings. The minimum atomic E-state index is -0.336. The van der Waals surface area contributed by atoms with E-state index in [9.17, 15) is 5.11 Å². The van der Waals surface area contributed by atoms with Gasteiger partial charge in [0.2, 0.25) is 0 Å². The van der Waals surface area contributed by atoms with Crippen LogP contribution < -0.4 is 0 Å². The summed E-state index contributed by atoms with van der Waals surface area (Å²) in [5.41, 5.74) is 0. The van der Waals surface area contributed by atoms with Gasteiger partial charge in [-0.15, -0.1) is 10.2 Å². The second kappa shape index (κ2) is 4.02. The van der Waals surface area contributed by atoms with Crippen LogP contribution in [-0.2, 0) is 6.42 Å². The van der Waals surface area contributed by atoms with Gasteiger partial charge in [-0.25, -0.2) is 0 Å². The number of H-pyrrole nitrogens is 1. The van der Waals surface area contributed by atoms with Crippen LogP contribution in [0.5, 0.6) is 0 Å². The van der Waals surface area contributed by atoms with E-state index >= 15 is 0 Å². The molecular weight excluding hydrogens is 144 g/mol. The standard InChI is InChI=1S/C6H12N4O/c1-2-3-5(11)4-6-7-9-10-8-6/h5,11H,2-4H2,1H3,(H,7,8,9,10). The minimum absolute atomic E-state index is 0.336. The third kappa shape index (κ3) is 2.63. The highest BCUT2D eigenvalue weighted by Crippen LogP contribution is 2.00. The molecule has 0 spiro atoms. The summed E-state index contributed by atoms with van der Waals surface area (Å²) in [6.45, 7) is 2.03. The van der Waals surface area contributed by atoms with E-state index in [-0.39, 0.29) is 6.10 Å². The van der Waals surface area contributed by atoms with Gasteiger partial charge in [-0.3, -0.25) is 0 Å². The highest BCUT2D eigenvalue weighted by molar-refractivity contribution is 4.79. The van der Waals surface area contributed by atoms with Crippen LogP contribution in [0.15, 0.2) is 0 Å². The molecule has 2 N–H and O–H groups in total. The van der Waals surface area contributed by atoms with Crippen molar-refractivity contribution in [1.29, 1.82) is 0 Å². The van der Waals surface area contributed by atoms with Crippen LogP contribution >= 0.6 is 0 Å². The molecule has 0 fully saturated rings. The van der Waals surface area contributed by atoms with E-state index in [1.165, 1.54) is 0 Å². The Bertz CT molecular complexity index is 186. The number of nitrogens with zero attached hydrogens (tertiary/aromatic N) is 3. The Morgan fingerprint density at radius 1 is 1.64 bits per heavy atom. The molecule has 1 aromatic rings. The zero-order chi connectivity index (χ0) is 8.10. The molecule has 0 aliphatic heterocycles. The number of nitrogens with one attached hydrogen (secondary N) is 1. The zero-order valence-corrected chi connectivity index (χ0v) is 6.49. The van der Waals surface area contributed by atoms with Crippen LogP contribution in [0.4, 0.5) is 0 Å². The quantitative estimate of drug-likeness (QED) is 0.638. The molecule has 0 saturated heterocycles. The number of rotatable bonds is 4. The van der Waals surface area contributed by atoms with Crippen molar-refractivity contribution in [3.8, 4) is 0 Å². The van der Waals surface area contributed by atoms with Crippen molar-refractivity contribution in [2.75, 3.05) is 0 Å². The van der Waals surface area contributed by atoms with Crippen molar-refractivity contribution < 1.29 is 5.11 Å². The average Bonchev–Trinajstić information content (AvgIpc) is 2.40. The number of aliphatic hydroxyl groups excluding tert-OH is 1. The van der Waals surface area contributed by atoms with Gasteiger partial charge in [0.1, 0.15) is 0 Å². The molecule has 0 aromatic carbocycles. The molecule has 1 aromatic heterocycles. The van der Waals surface area contributed by atoms with Gasteiger partial charge in [0, 0.05) is 6.42 Å². The van der Waals surface area contributed by atoms with E-state index in [4.69, 9.17) is 0 Å². The Kier molecular flexibility index (Phi) is 2.97. The van der Waals surface area contributed by atoms with Crippen LogP contribution in [0.2, 0.25) is 0 Å². The maximum Gasteiger partial charge on any atom is 0.177 e. The molecule has 0 bridgehead atoms. The van der Waals surface area contributed by atoms with Gasteiger partial charge in [0.25, 0.3) is 0 Å². The summed E-state index contributed by atoms with van der Waals surface area (Å²) in [6.07, 6.45) is 1.91. The monoisotopic (exact) mass is 156 g/mol. The molecule has 1 atom stereocenters. The largest absolute Gasteiger partial charge is 0.393 e. The maximum atomic E-state index is 9.30. The second-order valence-electron chi connectivity index (χ2n) is 2.47. The first kappa shape index (κ1) is 8.13. The molecule has 0 aliphatic carbocycles. The molecule has 62 valence electrons. The lowest BCUT2D eigenvalue weighted by molar-refractivity contribution is 0.161. The van der Waals surface area contributed by atoms with Gasteiger partial charge < -0.3 is 5.11 Å². The third-order valence-corrected chi connectivity index (χ3v) is 1.43. The van der Waals surface area contributed by atoms with E-state index < -0.39 is 0 Å². The van der Waals surface area contributed by atoms with Crippen LogP contribution in [-0.4, -0.2) is 31.8 Å². The van der Waals surface area contributed by atoms with Gasteiger partial charge in [-0.1, -0.05) is 18.6 Å². The Morgan fingerprint density at radius 2 is 2.45 bits per heavy atom. The van der Waals surface area contributed by atoms with Gasteiger partial charge in [0.05, 0.1) is 6.10 Å². The Hall–Kier alpha value is -0.970. The normalized spacial score (nSPS) is 13.3. The number of aromatic nitrogens is 4. The summed E-state index contributed by atoms with van der Waals surface area (Å²) in [4.78, 5) is 0. The van der Waals surface area contributed by atoms with Crippen molar-refractivity contribution in [2.45, 2.75) is 32.3 Å². The highest BCUT2D eigenvalue weighted by Gasteiger charge is 2.06. The van der Waals surface area contributed by atoms with Crippen molar-refractivity contribution in [3.05, 3.63) is 5.82 Å². The molecule has 5 heteroatoms. The topological polar surface area (TPSA) is 74.7 Å². The molecule has 1 rings (SSSR count). The van der Waals surface area contributed by atoms with Gasteiger partial charge in [-0.05, 0) is 6.42 Å². The fourth-order valence-electron chi connectivity index (χ4n) is 0.915. The number of aliphatic hydroxyl groups is 1.